The smallest absolute Gasteiger partial charge is 0.253 e. The largest absolute Gasteiger partial charge is 0.376 e. The molecule has 2 aromatic rings. The van der Waals surface area contributed by atoms with Gasteiger partial charge in [-0.3, -0.25) is 4.79 Å². The van der Waals surface area contributed by atoms with Crippen LogP contribution in [0, 0.1) is 0 Å². The van der Waals surface area contributed by atoms with E-state index in [-0.39, 0.29) is 12.0 Å². The molecular weight excluding hydrogens is 292 g/mol. The Morgan fingerprint density at radius 2 is 2.35 bits per heavy atom. The zero-order chi connectivity index (χ0) is 16.2. The molecular formula is C18H24N2O3. The standard InChI is InChI=1S/C18H24N2O3/c1-3-20-9-8-14-11-15(6-7-17(14)20)19-18(21)13(2)23-12-16-5-4-10-22-16/h6-9,11,13,16H,3-5,10,12H2,1-2H3,(H,19,21)/t13-,16+/m1/s1. The van der Waals surface area contributed by atoms with Crippen LogP contribution in [0.15, 0.2) is 30.5 Å². The maximum absolute atomic E-state index is 12.2. The fraction of sp³-hybridized carbons (Fsp3) is 0.500. The van der Waals surface area contributed by atoms with Crippen LogP contribution in [-0.2, 0) is 20.8 Å². The number of hydrogen-bond donors (Lipinski definition) is 1. The molecule has 0 spiro atoms. The Kier molecular flexibility index (Phi) is 4.98. The van der Waals surface area contributed by atoms with Gasteiger partial charge in [0.05, 0.1) is 12.7 Å². The van der Waals surface area contributed by atoms with Gasteiger partial charge in [0, 0.05) is 35.9 Å². The summed E-state index contributed by atoms with van der Waals surface area (Å²) >= 11 is 0. The van der Waals surface area contributed by atoms with E-state index in [0.717, 1.165) is 37.1 Å². The minimum Gasteiger partial charge on any atom is -0.376 e. The van der Waals surface area contributed by atoms with E-state index in [1.807, 2.05) is 18.2 Å². The van der Waals surface area contributed by atoms with Gasteiger partial charge in [0.25, 0.3) is 5.91 Å². The lowest BCUT2D eigenvalue weighted by atomic mass is 10.2. The number of ether oxygens (including phenoxy) is 2. The molecule has 0 saturated carbocycles. The van der Waals surface area contributed by atoms with Crippen LogP contribution in [0.1, 0.15) is 26.7 Å². The topological polar surface area (TPSA) is 52.5 Å². The normalized spacial score (nSPS) is 19.1. The average molecular weight is 316 g/mol. The first-order chi connectivity index (χ1) is 11.2. The van der Waals surface area contributed by atoms with Gasteiger partial charge in [-0.2, -0.15) is 0 Å². The Morgan fingerprint density at radius 1 is 1.48 bits per heavy atom. The Bertz CT molecular complexity index is 674. The van der Waals surface area contributed by atoms with Crippen LogP contribution >= 0.6 is 0 Å². The van der Waals surface area contributed by atoms with Crippen molar-refractivity contribution in [2.45, 2.75) is 45.4 Å². The molecule has 2 atom stereocenters. The molecule has 0 bridgehead atoms. The van der Waals surface area contributed by atoms with Gasteiger partial charge >= 0.3 is 0 Å². The van der Waals surface area contributed by atoms with Crippen molar-refractivity contribution in [2.75, 3.05) is 18.5 Å². The highest BCUT2D eigenvalue weighted by atomic mass is 16.5. The number of hydrogen-bond acceptors (Lipinski definition) is 3. The van der Waals surface area contributed by atoms with Gasteiger partial charge < -0.3 is 19.4 Å². The van der Waals surface area contributed by atoms with Gasteiger partial charge in [-0.1, -0.05) is 0 Å². The molecule has 2 heterocycles. The monoisotopic (exact) mass is 316 g/mol. The first-order valence-corrected chi connectivity index (χ1v) is 8.30. The number of fused-ring (bicyclic) bond motifs is 1. The Hall–Kier alpha value is -1.85. The Morgan fingerprint density at radius 3 is 3.09 bits per heavy atom. The number of anilines is 1. The van der Waals surface area contributed by atoms with E-state index in [9.17, 15) is 4.79 Å². The maximum atomic E-state index is 12.2. The van der Waals surface area contributed by atoms with Gasteiger partial charge in [-0.25, -0.2) is 0 Å². The zero-order valence-corrected chi connectivity index (χ0v) is 13.7. The predicted octanol–water partition coefficient (Wildman–Crippen LogP) is 3.18. The first-order valence-electron chi connectivity index (χ1n) is 8.30. The number of amides is 1. The summed E-state index contributed by atoms with van der Waals surface area (Å²) in [5, 5.41) is 4.05. The predicted molar refractivity (Wildman–Crippen MR) is 90.6 cm³/mol. The molecule has 0 aliphatic carbocycles. The lowest BCUT2D eigenvalue weighted by molar-refractivity contribution is -0.128. The van der Waals surface area contributed by atoms with Crippen molar-refractivity contribution in [3.8, 4) is 0 Å². The summed E-state index contributed by atoms with van der Waals surface area (Å²) in [6.45, 7) is 6.10. The number of nitrogens with one attached hydrogen (secondary N) is 1. The molecule has 1 amide bonds. The number of nitrogens with zero attached hydrogens (tertiary/aromatic N) is 1. The van der Waals surface area contributed by atoms with Crippen LogP contribution in [0.3, 0.4) is 0 Å². The average Bonchev–Trinajstić information content (AvgIpc) is 3.21. The maximum Gasteiger partial charge on any atom is 0.253 e. The molecule has 0 unspecified atom stereocenters. The van der Waals surface area contributed by atoms with Crippen LogP contribution in [0.4, 0.5) is 5.69 Å². The number of aromatic nitrogens is 1. The van der Waals surface area contributed by atoms with E-state index in [4.69, 9.17) is 9.47 Å². The van der Waals surface area contributed by atoms with Crippen LogP contribution in [-0.4, -0.2) is 35.9 Å². The molecule has 3 rings (SSSR count). The van der Waals surface area contributed by atoms with E-state index in [2.05, 4.69) is 29.1 Å². The van der Waals surface area contributed by atoms with E-state index >= 15 is 0 Å². The van der Waals surface area contributed by atoms with Gasteiger partial charge in [0.2, 0.25) is 0 Å². The molecule has 5 heteroatoms. The highest BCUT2D eigenvalue weighted by Crippen LogP contribution is 2.21. The summed E-state index contributed by atoms with van der Waals surface area (Å²) in [4.78, 5) is 12.2. The third-order valence-electron chi connectivity index (χ3n) is 4.30. The Balaban J connectivity index is 1.58. The third kappa shape index (κ3) is 3.74. The highest BCUT2D eigenvalue weighted by molar-refractivity contribution is 5.96. The summed E-state index contributed by atoms with van der Waals surface area (Å²) in [5.41, 5.74) is 1.97. The van der Waals surface area contributed by atoms with Crippen LogP contribution in [0.5, 0.6) is 0 Å². The molecule has 1 N–H and O–H groups in total. The van der Waals surface area contributed by atoms with E-state index in [1.165, 1.54) is 5.52 Å². The van der Waals surface area contributed by atoms with Crippen molar-refractivity contribution in [3.63, 3.8) is 0 Å². The lowest BCUT2D eigenvalue weighted by Gasteiger charge is -2.16. The quantitative estimate of drug-likeness (QED) is 0.890. The van der Waals surface area contributed by atoms with Crippen LogP contribution < -0.4 is 5.32 Å². The van der Waals surface area contributed by atoms with E-state index < -0.39 is 6.10 Å². The van der Waals surface area contributed by atoms with Crippen molar-refractivity contribution in [3.05, 3.63) is 30.5 Å². The summed E-state index contributed by atoms with van der Waals surface area (Å²) in [7, 11) is 0. The minimum atomic E-state index is -0.491. The van der Waals surface area contributed by atoms with E-state index in [0.29, 0.717) is 6.61 Å². The zero-order valence-electron chi connectivity index (χ0n) is 13.7. The van der Waals surface area contributed by atoms with Crippen molar-refractivity contribution in [1.29, 1.82) is 0 Å². The summed E-state index contributed by atoms with van der Waals surface area (Å²) in [6.07, 6.45) is 3.79. The first kappa shape index (κ1) is 16.0. The molecule has 5 nitrogen and oxygen atoms in total. The number of carbonyl (C=O) groups excluding carboxylic acids is 1. The number of benzene rings is 1. The highest BCUT2D eigenvalue weighted by Gasteiger charge is 2.20. The third-order valence-corrected chi connectivity index (χ3v) is 4.30. The molecule has 124 valence electrons. The van der Waals surface area contributed by atoms with Crippen LogP contribution in [0.25, 0.3) is 10.9 Å². The summed E-state index contributed by atoms with van der Waals surface area (Å²) in [6, 6.07) is 8.02. The molecule has 1 aromatic heterocycles. The van der Waals surface area contributed by atoms with Gasteiger partial charge in [-0.05, 0) is 51.0 Å². The van der Waals surface area contributed by atoms with Crippen molar-refractivity contribution >= 4 is 22.5 Å². The molecule has 1 aliphatic rings. The minimum absolute atomic E-state index is 0.128. The molecule has 1 saturated heterocycles. The Labute approximate surface area is 136 Å². The fourth-order valence-corrected chi connectivity index (χ4v) is 2.90. The molecule has 1 aromatic carbocycles. The molecule has 0 radical (unpaired) electrons. The summed E-state index contributed by atoms with van der Waals surface area (Å²) in [5.74, 6) is -0.128. The number of rotatable bonds is 6. The lowest BCUT2D eigenvalue weighted by Crippen LogP contribution is -2.30. The number of carbonyl (C=O) groups is 1. The number of aryl methyl sites for hydroxylation is 1. The van der Waals surface area contributed by atoms with Gasteiger partial charge in [0.1, 0.15) is 6.10 Å². The van der Waals surface area contributed by atoms with E-state index in [1.54, 1.807) is 6.92 Å². The molecule has 1 aliphatic heterocycles. The van der Waals surface area contributed by atoms with Crippen LogP contribution in [0.2, 0.25) is 0 Å². The van der Waals surface area contributed by atoms with Gasteiger partial charge in [0.15, 0.2) is 0 Å². The van der Waals surface area contributed by atoms with Gasteiger partial charge in [-0.15, -0.1) is 0 Å². The molecule has 23 heavy (non-hydrogen) atoms. The second kappa shape index (κ2) is 7.15. The van der Waals surface area contributed by atoms with Crippen molar-refractivity contribution < 1.29 is 14.3 Å². The molecule has 1 fully saturated rings. The second-order valence-corrected chi connectivity index (χ2v) is 5.98. The summed E-state index contributed by atoms with van der Waals surface area (Å²) < 4.78 is 13.3. The fourth-order valence-electron chi connectivity index (χ4n) is 2.90. The van der Waals surface area contributed by atoms with Crippen molar-refractivity contribution in [1.82, 2.24) is 4.57 Å². The van der Waals surface area contributed by atoms with Crippen molar-refractivity contribution in [2.24, 2.45) is 0 Å². The SMILES string of the molecule is CCn1ccc2cc(NC(=O)[C@@H](C)OC[C@@H]3CCCO3)ccc21. The second-order valence-electron chi connectivity index (χ2n) is 5.98.